The summed E-state index contributed by atoms with van der Waals surface area (Å²) in [6, 6.07) is 5.74. The van der Waals surface area contributed by atoms with Crippen molar-refractivity contribution in [3.05, 3.63) is 51.6 Å². The van der Waals surface area contributed by atoms with Gasteiger partial charge in [0.05, 0.1) is 13.1 Å². The maximum atomic E-state index is 11.9. The monoisotopic (exact) mass is 289 g/mol. The molecule has 0 saturated heterocycles. The molecular formula is C16H23N3O2. The first-order valence-electron chi connectivity index (χ1n) is 7.12. The topological polar surface area (TPSA) is 60.1 Å². The fourth-order valence-corrected chi connectivity index (χ4v) is 2.08. The van der Waals surface area contributed by atoms with Gasteiger partial charge in [-0.1, -0.05) is 0 Å². The summed E-state index contributed by atoms with van der Waals surface area (Å²) in [7, 11) is 0. The first-order valence-corrected chi connectivity index (χ1v) is 7.12. The molecule has 1 N–H and O–H groups in total. The molecule has 0 aliphatic heterocycles. The Labute approximate surface area is 125 Å². The lowest BCUT2D eigenvalue weighted by molar-refractivity contribution is 0.375. The van der Waals surface area contributed by atoms with Gasteiger partial charge in [0, 0.05) is 16.9 Å². The summed E-state index contributed by atoms with van der Waals surface area (Å²) in [4.78, 5) is 15.9. The number of hydrogen-bond donors (Lipinski definition) is 1. The smallest absolute Gasteiger partial charge is 0.348 e. The SMILES string of the molecule is Cc1cc(C)n(Cc2ccc(CNC(C)(C)C)o2)c(=O)n1. The number of nitrogens with zero attached hydrogens (tertiary/aromatic N) is 2. The second-order valence-electron chi connectivity index (χ2n) is 6.38. The quantitative estimate of drug-likeness (QED) is 0.939. The Morgan fingerprint density at radius 3 is 2.52 bits per heavy atom. The zero-order valence-electron chi connectivity index (χ0n) is 13.4. The fourth-order valence-electron chi connectivity index (χ4n) is 2.08. The van der Waals surface area contributed by atoms with Crippen LogP contribution in [0.2, 0.25) is 0 Å². The van der Waals surface area contributed by atoms with Crippen LogP contribution < -0.4 is 11.0 Å². The van der Waals surface area contributed by atoms with Crippen LogP contribution >= 0.6 is 0 Å². The van der Waals surface area contributed by atoms with Crippen LogP contribution in [0, 0.1) is 13.8 Å². The van der Waals surface area contributed by atoms with Crippen molar-refractivity contribution in [2.75, 3.05) is 0 Å². The summed E-state index contributed by atoms with van der Waals surface area (Å²) in [5.41, 5.74) is 1.43. The molecule has 0 atom stereocenters. The number of aryl methyl sites for hydroxylation is 2. The van der Waals surface area contributed by atoms with Crippen LogP contribution in [-0.2, 0) is 13.1 Å². The number of aromatic nitrogens is 2. The molecule has 0 unspecified atom stereocenters. The number of hydrogen-bond acceptors (Lipinski definition) is 4. The van der Waals surface area contributed by atoms with Crippen molar-refractivity contribution >= 4 is 0 Å². The van der Waals surface area contributed by atoms with Gasteiger partial charge < -0.3 is 9.73 Å². The van der Waals surface area contributed by atoms with Crippen molar-refractivity contribution < 1.29 is 4.42 Å². The van der Waals surface area contributed by atoms with Gasteiger partial charge in [-0.3, -0.25) is 4.57 Å². The van der Waals surface area contributed by atoms with E-state index in [2.05, 4.69) is 31.1 Å². The zero-order valence-corrected chi connectivity index (χ0v) is 13.4. The third-order valence-electron chi connectivity index (χ3n) is 3.17. The predicted molar refractivity (Wildman–Crippen MR) is 82.4 cm³/mol. The van der Waals surface area contributed by atoms with Crippen LogP contribution in [0.3, 0.4) is 0 Å². The van der Waals surface area contributed by atoms with Crippen LogP contribution in [0.4, 0.5) is 0 Å². The van der Waals surface area contributed by atoms with Crippen molar-refractivity contribution in [1.82, 2.24) is 14.9 Å². The second kappa shape index (κ2) is 5.85. The van der Waals surface area contributed by atoms with Gasteiger partial charge in [-0.05, 0) is 52.8 Å². The van der Waals surface area contributed by atoms with E-state index in [0.717, 1.165) is 22.9 Å². The first kappa shape index (κ1) is 15.5. The molecule has 5 nitrogen and oxygen atoms in total. The molecule has 0 aromatic carbocycles. The lowest BCUT2D eigenvalue weighted by atomic mass is 10.1. The van der Waals surface area contributed by atoms with E-state index in [1.807, 2.05) is 32.0 Å². The molecule has 0 spiro atoms. The summed E-state index contributed by atoms with van der Waals surface area (Å²) in [6.45, 7) is 11.1. The molecule has 2 rings (SSSR count). The van der Waals surface area contributed by atoms with Crippen molar-refractivity contribution in [3.63, 3.8) is 0 Å². The number of nitrogens with one attached hydrogen (secondary N) is 1. The largest absolute Gasteiger partial charge is 0.463 e. The molecular weight excluding hydrogens is 266 g/mol. The zero-order chi connectivity index (χ0) is 15.6. The minimum absolute atomic E-state index is 0.0430. The van der Waals surface area contributed by atoms with Crippen LogP contribution in [-0.4, -0.2) is 15.1 Å². The van der Waals surface area contributed by atoms with Crippen LogP contribution in [0.15, 0.2) is 27.4 Å². The Morgan fingerprint density at radius 1 is 1.24 bits per heavy atom. The van der Waals surface area contributed by atoms with Crippen molar-refractivity contribution in [1.29, 1.82) is 0 Å². The molecule has 2 heterocycles. The Morgan fingerprint density at radius 2 is 1.90 bits per heavy atom. The summed E-state index contributed by atoms with van der Waals surface area (Å²) < 4.78 is 7.39. The maximum Gasteiger partial charge on any atom is 0.348 e. The molecule has 0 aliphatic rings. The third-order valence-corrected chi connectivity index (χ3v) is 3.17. The normalized spacial score (nSPS) is 11.9. The molecule has 2 aromatic rings. The van der Waals surface area contributed by atoms with E-state index in [-0.39, 0.29) is 11.2 Å². The average Bonchev–Trinajstić information content (AvgIpc) is 2.78. The van der Waals surface area contributed by atoms with E-state index >= 15 is 0 Å². The minimum Gasteiger partial charge on any atom is -0.463 e. The number of furan rings is 1. The highest BCUT2D eigenvalue weighted by Crippen LogP contribution is 2.11. The van der Waals surface area contributed by atoms with E-state index < -0.39 is 0 Å². The van der Waals surface area contributed by atoms with E-state index in [4.69, 9.17) is 4.42 Å². The highest BCUT2D eigenvalue weighted by atomic mass is 16.3. The lowest BCUT2D eigenvalue weighted by Gasteiger charge is -2.19. The van der Waals surface area contributed by atoms with Gasteiger partial charge in [-0.25, -0.2) is 4.79 Å². The van der Waals surface area contributed by atoms with E-state index in [1.165, 1.54) is 0 Å². The van der Waals surface area contributed by atoms with Crippen molar-refractivity contribution in [2.45, 2.75) is 53.2 Å². The Kier molecular flexibility index (Phi) is 4.32. The summed E-state index contributed by atoms with van der Waals surface area (Å²) in [5.74, 6) is 1.63. The number of rotatable bonds is 4. The highest BCUT2D eigenvalue weighted by Gasteiger charge is 2.11. The van der Waals surface area contributed by atoms with Gasteiger partial charge in [0.1, 0.15) is 11.5 Å². The molecule has 21 heavy (non-hydrogen) atoms. The van der Waals surface area contributed by atoms with Crippen LogP contribution in [0.25, 0.3) is 0 Å². The molecule has 0 radical (unpaired) electrons. The summed E-state index contributed by atoms with van der Waals surface area (Å²) >= 11 is 0. The van der Waals surface area contributed by atoms with Gasteiger partial charge in [0.25, 0.3) is 0 Å². The summed E-state index contributed by atoms with van der Waals surface area (Å²) in [6.07, 6.45) is 0. The predicted octanol–water partition coefficient (Wildman–Crippen LogP) is 2.39. The van der Waals surface area contributed by atoms with E-state index in [9.17, 15) is 4.79 Å². The first-order chi connectivity index (χ1) is 9.74. The fraction of sp³-hybridized carbons (Fsp3) is 0.500. The Balaban J connectivity index is 2.11. The molecule has 0 fully saturated rings. The van der Waals surface area contributed by atoms with Crippen LogP contribution in [0.5, 0.6) is 0 Å². The van der Waals surface area contributed by atoms with E-state index in [1.54, 1.807) is 4.57 Å². The van der Waals surface area contributed by atoms with Crippen molar-refractivity contribution in [2.24, 2.45) is 0 Å². The van der Waals surface area contributed by atoms with Gasteiger partial charge in [-0.15, -0.1) is 0 Å². The van der Waals surface area contributed by atoms with Crippen LogP contribution in [0.1, 0.15) is 43.7 Å². The molecule has 5 heteroatoms. The molecule has 0 bridgehead atoms. The third kappa shape index (κ3) is 4.29. The standard InChI is InChI=1S/C16H23N3O2/c1-11-8-12(2)19(15(20)18-11)10-14-7-6-13(21-14)9-17-16(3,4)5/h6-8,17H,9-10H2,1-5H3. The Bertz CT molecular complexity index is 678. The highest BCUT2D eigenvalue weighted by molar-refractivity contribution is 5.11. The van der Waals surface area contributed by atoms with Gasteiger partial charge in [-0.2, -0.15) is 4.98 Å². The lowest BCUT2D eigenvalue weighted by Crippen LogP contribution is -2.34. The van der Waals surface area contributed by atoms with Gasteiger partial charge >= 0.3 is 5.69 Å². The molecule has 0 saturated carbocycles. The molecule has 2 aromatic heterocycles. The van der Waals surface area contributed by atoms with Crippen molar-refractivity contribution in [3.8, 4) is 0 Å². The summed E-state index contributed by atoms with van der Waals surface area (Å²) in [5, 5.41) is 3.37. The Hall–Kier alpha value is -1.88. The minimum atomic E-state index is -0.238. The maximum absolute atomic E-state index is 11.9. The van der Waals surface area contributed by atoms with Gasteiger partial charge in [0.2, 0.25) is 0 Å². The average molecular weight is 289 g/mol. The molecule has 0 aliphatic carbocycles. The van der Waals surface area contributed by atoms with E-state index in [0.29, 0.717) is 13.1 Å². The molecule has 114 valence electrons. The second-order valence-corrected chi connectivity index (χ2v) is 6.38. The van der Waals surface area contributed by atoms with Gasteiger partial charge in [0.15, 0.2) is 0 Å². The molecule has 0 amide bonds.